The molecule has 2 aromatic heterocycles. The lowest BCUT2D eigenvalue weighted by Crippen LogP contribution is -2.27. The number of nitrogens with zero attached hydrogens (tertiary/aromatic N) is 4. The molecule has 2 heterocycles. The van der Waals surface area contributed by atoms with Crippen molar-refractivity contribution < 1.29 is 13.6 Å². The van der Waals surface area contributed by atoms with E-state index in [9.17, 15) is 13.6 Å². The first kappa shape index (κ1) is 18.1. The highest BCUT2D eigenvalue weighted by Gasteiger charge is 2.20. The number of fused-ring (bicyclic) bond motifs is 3. The predicted molar refractivity (Wildman–Crippen MR) is 102 cm³/mol. The Kier molecular flexibility index (Phi) is 4.35. The van der Waals surface area contributed by atoms with Crippen molar-refractivity contribution in [3.63, 3.8) is 0 Å². The van der Waals surface area contributed by atoms with Crippen molar-refractivity contribution in [3.05, 3.63) is 70.6 Å². The molecule has 0 saturated heterocycles. The third-order valence-corrected chi connectivity index (χ3v) is 4.82. The molecule has 0 aliphatic rings. The zero-order valence-electron chi connectivity index (χ0n) is 14.7. The first-order valence-electron chi connectivity index (χ1n) is 8.25. The number of amides is 1. The molecule has 1 amide bonds. The van der Waals surface area contributed by atoms with E-state index in [1.54, 1.807) is 4.40 Å². The molecule has 0 fully saturated rings. The number of anilines is 1. The molecule has 6 nitrogen and oxygen atoms in total. The molecule has 28 heavy (non-hydrogen) atoms. The molecule has 0 aliphatic heterocycles. The van der Waals surface area contributed by atoms with Crippen LogP contribution in [-0.4, -0.2) is 32.2 Å². The standard InChI is InChI=1S/C19H14ClF2N5O/c1-26(8-10-2-3-11(21)4-13(10)20)19(28)12-5-16-15(6-14(12)22)25-18(23)17-7-24-9-27(16)17/h2-7,9H,8H2,1H3,(H2,23,25). The summed E-state index contributed by atoms with van der Waals surface area (Å²) in [5, 5.41) is 0.193. The lowest BCUT2D eigenvalue weighted by atomic mass is 10.1. The van der Waals surface area contributed by atoms with Crippen molar-refractivity contribution in [3.8, 4) is 0 Å². The molecule has 2 aromatic carbocycles. The third kappa shape index (κ3) is 3.01. The molecule has 142 valence electrons. The summed E-state index contributed by atoms with van der Waals surface area (Å²) >= 11 is 6.02. The Bertz CT molecular complexity index is 1240. The summed E-state index contributed by atoms with van der Waals surface area (Å²) in [4.78, 5) is 22.3. The molecule has 9 heteroatoms. The highest BCUT2D eigenvalue weighted by Crippen LogP contribution is 2.24. The van der Waals surface area contributed by atoms with Crippen LogP contribution in [0.25, 0.3) is 16.6 Å². The maximum absolute atomic E-state index is 14.6. The summed E-state index contributed by atoms with van der Waals surface area (Å²) in [6.45, 7) is 0.0932. The van der Waals surface area contributed by atoms with Crippen molar-refractivity contribution in [1.29, 1.82) is 0 Å². The van der Waals surface area contributed by atoms with Gasteiger partial charge in [-0.3, -0.25) is 9.20 Å². The van der Waals surface area contributed by atoms with E-state index >= 15 is 0 Å². The van der Waals surface area contributed by atoms with Gasteiger partial charge in [0.2, 0.25) is 0 Å². The van der Waals surface area contributed by atoms with Crippen molar-refractivity contribution in [2.24, 2.45) is 0 Å². The topological polar surface area (TPSA) is 76.5 Å². The Balaban J connectivity index is 1.74. The fourth-order valence-corrected chi connectivity index (χ4v) is 3.27. The number of hydrogen-bond donors (Lipinski definition) is 1. The smallest absolute Gasteiger partial charge is 0.256 e. The van der Waals surface area contributed by atoms with Crippen LogP contribution in [0.3, 0.4) is 0 Å². The van der Waals surface area contributed by atoms with Crippen LogP contribution in [0.1, 0.15) is 15.9 Å². The maximum Gasteiger partial charge on any atom is 0.256 e. The zero-order valence-corrected chi connectivity index (χ0v) is 15.4. The normalized spacial score (nSPS) is 11.3. The highest BCUT2D eigenvalue weighted by molar-refractivity contribution is 6.31. The molecule has 0 unspecified atom stereocenters. The van der Waals surface area contributed by atoms with Crippen LogP contribution in [0.5, 0.6) is 0 Å². The first-order chi connectivity index (χ1) is 13.3. The molecular weight excluding hydrogens is 388 g/mol. The quantitative estimate of drug-likeness (QED) is 0.568. The van der Waals surface area contributed by atoms with Crippen LogP contribution < -0.4 is 5.73 Å². The van der Waals surface area contributed by atoms with Gasteiger partial charge in [0.25, 0.3) is 5.91 Å². The second kappa shape index (κ2) is 6.72. The molecular formula is C19H14ClF2N5O. The monoisotopic (exact) mass is 401 g/mol. The SMILES string of the molecule is CN(Cc1ccc(F)cc1Cl)C(=O)c1cc2c(cc1F)nc(N)c1cncn12. The molecule has 2 N–H and O–H groups in total. The molecule has 4 aromatic rings. The predicted octanol–water partition coefficient (Wildman–Crippen LogP) is 3.67. The van der Waals surface area contributed by atoms with Gasteiger partial charge in [-0.15, -0.1) is 0 Å². The van der Waals surface area contributed by atoms with Gasteiger partial charge in [-0.1, -0.05) is 17.7 Å². The molecule has 0 saturated carbocycles. The van der Waals surface area contributed by atoms with Gasteiger partial charge in [-0.25, -0.2) is 18.7 Å². The van der Waals surface area contributed by atoms with Gasteiger partial charge < -0.3 is 10.6 Å². The number of nitrogens with two attached hydrogens (primary N) is 1. The summed E-state index contributed by atoms with van der Waals surface area (Å²) in [7, 11) is 1.51. The molecule has 0 aliphatic carbocycles. The minimum atomic E-state index is -0.721. The number of carbonyl (C=O) groups excluding carboxylic acids is 1. The highest BCUT2D eigenvalue weighted by atomic mass is 35.5. The Hall–Kier alpha value is -3.26. The number of rotatable bonds is 3. The van der Waals surface area contributed by atoms with Crippen LogP contribution in [0.2, 0.25) is 5.02 Å². The Labute approximate surface area is 163 Å². The number of nitrogen functional groups attached to an aromatic ring is 1. The molecule has 0 spiro atoms. The summed E-state index contributed by atoms with van der Waals surface area (Å²) in [5.41, 5.74) is 7.65. The average Bonchev–Trinajstić information content (AvgIpc) is 3.14. The second-order valence-electron chi connectivity index (χ2n) is 6.36. The molecule has 0 radical (unpaired) electrons. The van der Waals surface area contributed by atoms with Gasteiger partial charge in [-0.2, -0.15) is 0 Å². The van der Waals surface area contributed by atoms with Crippen molar-refractivity contribution in [2.75, 3.05) is 12.8 Å². The summed E-state index contributed by atoms with van der Waals surface area (Å²) in [6.07, 6.45) is 3.05. The number of carbonyl (C=O) groups is 1. The average molecular weight is 402 g/mol. The van der Waals surface area contributed by atoms with Crippen LogP contribution >= 0.6 is 11.6 Å². The Morgan fingerprint density at radius 1 is 1.25 bits per heavy atom. The van der Waals surface area contributed by atoms with E-state index in [1.165, 1.54) is 42.7 Å². The van der Waals surface area contributed by atoms with E-state index < -0.39 is 17.5 Å². The van der Waals surface area contributed by atoms with Crippen molar-refractivity contribution >= 4 is 39.9 Å². The number of hydrogen-bond acceptors (Lipinski definition) is 4. The van der Waals surface area contributed by atoms with Gasteiger partial charge in [0, 0.05) is 24.7 Å². The third-order valence-electron chi connectivity index (χ3n) is 4.47. The second-order valence-corrected chi connectivity index (χ2v) is 6.77. The van der Waals surface area contributed by atoms with E-state index in [-0.39, 0.29) is 22.9 Å². The van der Waals surface area contributed by atoms with E-state index in [0.29, 0.717) is 22.1 Å². The van der Waals surface area contributed by atoms with Crippen LogP contribution in [0, 0.1) is 11.6 Å². The van der Waals surface area contributed by atoms with E-state index in [2.05, 4.69) is 9.97 Å². The van der Waals surface area contributed by atoms with Crippen molar-refractivity contribution in [2.45, 2.75) is 6.54 Å². The first-order valence-corrected chi connectivity index (χ1v) is 8.63. The van der Waals surface area contributed by atoms with Gasteiger partial charge in [0.1, 0.15) is 23.0 Å². The van der Waals surface area contributed by atoms with Crippen LogP contribution in [0.4, 0.5) is 14.6 Å². The molecule has 4 rings (SSSR count). The molecule has 0 bridgehead atoms. The van der Waals surface area contributed by atoms with Gasteiger partial charge in [0.15, 0.2) is 0 Å². The number of imidazole rings is 1. The van der Waals surface area contributed by atoms with E-state index in [1.807, 2.05) is 0 Å². The van der Waals surface area contributed by atoms with E-state index in [0.717, 1.165) is 12.1 Å². The fraction of sp³-hybridized carbons (Fsp3) is 0.105. The lowest BCUT2D eigenvalue weighted by Gasteiger charge is -2.19. The Morgan fingerprint density at radius 2 is 2.04 bits per heavy atom. The van der Waals surface area contributed by atoms with E-state index in [4.69, 9.17) is 17.3 Å². The largest absolute Gasteiger partial charge is 0.382 e. The minimum Gasteiger partial charge on any atom is -0.382 e. The number of aromatic nitrogens is 3. The number of halogens is 3. The molecule has 0 atom stereocenters. The van der Waals surface area contributed by atoms with Crippen LogP contribution in [-0.2, 0) is 6.54 Å². The van der Waals surface area contributed by atoms with Gasteiger partial charge in [-0.05, 0) is 23.8 Å². The fourth-order valence-electron chi connectivity index (χ4n) is 3.04. The summed E-state index contributed by atoms with van der Waals surface area (Å²) < 4.78 is 29.5. The maximum atomic E-state index is 14.6. The lowest BCUT2D eigenvalue weighted by molar-refractivity contribution is 0.0780. The van der Waals surface area contributed by atoms with Gasteiger partial charge >= 0.3 is 0 Å². The minimum absolute atomic E-state index is 0.0932. The van der Waals surface area contributed by atoms with Crippen LogP contribution in [0.15, 0.2) is 42.9 Å². The zero-order chi connectivity index (χ0) is 20.0. The summed E-state index contributed by atoms with van der Waals surface area (Å²) in [6, 6.07) is 6.48. The summed E-state index contributed by atoms with van der Waals surface area (Å²) in [5.74, 6) is -1.53. The van der Waals surface area contributed by atoms with Gasteiger partial charge in [0.05, 0.1) is 29.1 Å². The van der Waals surface area contributed by atoms with Crippen molar-refractivity contribution in [1.82, 2.24) is 19.3 Å². The number of benzene rings is 2. The Morgan fingerprint density at radius 3 is 2.79 bits per heavy atom.